The Morgan fingerprint density at radius 1 is 1.60 bits per heavy atom. The number of aliphatic carboxylic acids is 1. The fraction of sp³-hybridized carbons (Fsp3) is 0.333. The Hall–Kier alpha value is -1.43. The predicted molar refractivity (Wildman–Crippen MR) is 61.7 cm³/mol. The Balaban J connectivity index is 2.80. The van der Waals surface area contributed by atoms with E-state index in [0.717, 1.165) is 5.56 Å². The normalized spacial score (nSPS) is 12.3. The Morgan fingerprint density at radius 3 is 2.73 bits per heavy atom. The molecule has 15 heavy (non-hydrogen) atoms. The second-order valence-electron chi connectivity index (χ2n) is 3.24. The molecule has 6 heteroatoms. The number of hydrogen-bond acceptors (Lipinski definition) is 5. The number of pyridine rings is 1. The van der Waals surface area contributed by atoms with Gasteiger partial charge in [-0.25, -0.2) is 4.98 Å². The van der Waals surface area contributed by atoms with E-state index in [0.29, 0.717) is 12.1 Å². The highest BCUT2D eigenvalue weighted by atomic mass is 32.1. The van der Waals surface area contributed by atoms with Gasteiger partial charge in [-0.3, -0.25) is 4.79 Å². The summed E-state index contributed by atoms with van der Waals surface area (Å²) in [6, 6.07) is 1.64. The van der Waals surface area contributed by atoms with Gasteiger partial charge in [0.15, 0.2) is 0 Å². The minimum atomic E-state index is -0.875. The molecule has 0 bridgehead atoms. The third-order valence-electron chi connectivity index (χ3n) is 2.06. The fourth-order valence-electron chi connectivity index (χ4n) is 1.16. The molecule has 5 nitrogen and oxygen atoms in total. The molecule has 0 amide bonds. The van der Waals surface area contributed by atoms with Crippen LogP contribution in [0.25, 0.3) is 0 Å². The summed E-state index contributed by atoms with van der Waals surface area (Å²) < 4.78 is 0. The summed E-state index contributed by atoms with van der Waals surface area (Å²) >= 11 is 3.97. The molecule has 0 spiro atoms. The lowest BCUT2D eigenvalue weighted by Crippen LogP contribution is -2.18. The quantitative estimate of drug-likeness (QED) is 0.558. The molecule has 1 atom stereocenters. The summed E-state index contributed by atoms with van der Waals surface area (Å²) in [5, 5.41) is 8.83. The smallest absolute Gasteiger partial charge is 0.307 e. The van der Waals surface area contributed by atoms with Crippen LogP contribution in [-0.4, -0.2) is 21.8 Å². The number of rotatable bonds is 4. The monoisotopic (exact) mass is 227 g/mol. The van der Waals surface area contributed by atoms with E-state index in [-0.39, 0.29) is 11.6 Å². The van der Waals surface area contributed by atoms with Gasteiger partial charge in [-0.2, -0.15) is 12.6 Å². The molecular weight excluding hydrogens is 214 g/mol. The molecule has 0 aliphatic carbocycles. The maximum absolute atomic E-state index is 10.8. The number of thiol groups is 1. The predicted octanol–water partition coefficient (Wildman–Crippen LogP) is 0.419. The van der Waals surface area contributed by atoms with Crippen LogP contribution < -0.4 is 11.5 Å². The van der Waals surface area contributed by atoms with Crippen molar-refractivity contribution in [1.82, 2.24) is 4.98 Å². The average molecular weight is 227 g/mol. The van der Waals surface area contributed by atoms with Crippen LogP contribution in [0.3, 0.4) is 0 Å². The third kappa shape index (κ3) is 3.02. The van der Waals surface area contributed by atoms with Crippen molar-refractivity contribution in [2.45, 2.75) is 6.42 Å². The molecule has 0 aliphatic heterocycles. The summed E-state index contributed by atoms with van der Waals surface area (Å²) in [6.45, 7) is 0. The van der Waals surface area contributed by atoms with Crippen molar-refractivity contribution >= 4 is 30.1 Å². The molecule has 82 valence electrons. The van der Waals surface area contributed by atoms with Gasteiger partial charge in [0.25, 0.3) is 0 Å². The molecule has 0 aromatic carbocycles. The van der Waals surface area contributed by atoms with Crippen molar-refractivity contribution in [1.29, 1.82) is 0 Å². The number of aromatic nitrogens is 1. The van der Waals surface area contributed by atoms with E-state index in [4.69, 9.17) is 16.6 Å². The minimum Gasteiger partial charge on any atom is -0.481 e. The first-order chi connectivity index (χ1) is 7.04. The third-order valence-corrected chi connectivity index (χ3v) is 2.50. The molecule has 1 aromatic heterocycles. The van der Waals surface area contributed by atoms with Gasteiger partial charge in [0.2, 0.25) is 0 Å². The lowest BCUT2D eigenvalue weighted by atomic mass is 10.0. The maximum atomic E-state index is 10.8. The molecule has 0 radical (unpaired) electrons. The second kappa shape index (κ2) is 4.88. The van der Waals surface area contributed by atoms with Gasteiger partial charge in [0.05, 0.1) is 11.6 Å². The number of nitrogens with two attached hydrogens (primary N) is 2. The van der Waals surface area contributed by atoms with Gasteiger partial charge in [-0.15, -0.1) is 0 Å². The van der Waals surface area contributed by atoms with E-state index < -0.39 is 11.9 Å². The lowest BCUT2D eigenvalue weighted by molar-refractivity contribution is -0.140. The fourth-order valence-corrected chi connectivity index (χ4v) is 1.45. The van der Waals surface area contributed by atoms with E-state index in [9.17, 15) is 4.79 Å². The molecule has 0 aliphatic rings. The first kappa shape index (κ1) is 11.6. The van der Waals surface area contributed by atoms with Crippen LogP contribution in [0.2, 0.25) is 0 Å². The van der Waals surface area contributed by atoms with Crippen molar-refractivity contribution in [3.63, 3.8) is 0 Å². The largest absolute Gasteiger partial charge is 0.481 e. The van der Waals surface area contributed by atoms with Crippen molar-refractivity contribution < 1.29 is 9.90 Å². The van der Waals surface area contributed by atoms with Gasteiger partial charge in [-0.1, -0.05) is 0 Å². The van der Waals surface area contributed by atoms with Crippen molar-refractivity contribution in [3.05, 3.63) is 17.8 Å². The zero-order valence-electron chi connectivity index (χ0n) is 8.05. The molecule has 0 saturated carbocycles. The summed E-state index contributed by atoms with van der Waals surface area (Å²) in [5.74, 6) is -0.866. The van der Waals surface area contributed by atoms with Crippen LogP contribution in [0.1, 0.15) is 5.56 Å². The zero-order valence-corrected chi connectivity index (χ0v) is 8.95. The standard InChI is InChI=1S/C9H13N3O2S/c10-7-2-5(3-12-8(7)11)1-6(4-15)9(13)14/h2-3,6,15H,1,4,10H2,(H2,11,12)(H,13,14). The van der Waals surface area contributed by atoms with Crippen LogP contribution in [0.15, 0.2) is 12.3 Å². The van der Waals surface area contributed by atoms with E-state index in [1.165, 1.54) is 6.20 Å². The molecule has 0 fully saturated rings. The van der Waals surface area contributed by atoms with Gasteiger partial charge >= 0.3 is 5.97 Å². The molecule has 1 unspecified atom stereocenters. The zero-order chi connectivity index (χ0) is 11.4. The number of carboxylic acid groups (broad SMARTS) is 1. The van der Waals surface area contributed by atoms with Crippen molar-refractivity contribution in [3.8, 4) is 0 Å². The Morgan fingerprint density at radius 2 is 2.27 bits per heavy atom. The van der Waals surface area contributed by atoms with E-state index in [2.05, 4.69) is 17.6 Å². The average Bonchev–Trinajstić information content (AvgIpc) is 2.19. The molecule has 5 N–H and O–H groups in total. The molecular formula is C9H13N3O2S. The van der Waals surface area contributed by atoms with Gasteiger partial charge in [0, 0.05) is 11.9 Å². The Kier molecular flexibility index (Phi) is 3.79. The molecule has 0 saturated heterocycles. The molecule has 1 rings (SSSR count). The van der Waals surface area contributed by atoms with Gasteiger partial charge in [0.1, 0.15) is 5.82 Å². The molecule has 1 heterocycles. The van der Waals surface area contributed by atoms with Crippen molar-refractivity contribution in [2.24, 2.45) is 5.92 Å². The number of nitrogens with zero attached hydrogens (tertiary/aromatic N) is 1. The number of carbonyl (C=O) groups is 1. The summed E-state index contributed by atoms with van der Waals surface area (Å²) in [5.41, 5.74) is 12.1. The Bertz CT molecular complexity index is 370. The van der Waals surface area contributed by atoms with E-state index >= 15 is 0 Å². The first-order valence-electron chi connectivity index (χ1n) is 4.38. The lowest BCUT2D eigenvalue weighted by Gasteiger charge is -2.09. The highest BCUT2D eigenvalue weighted by Gasteiger charge is 2.16. The topological polar surface area (TPSA) is 102 Å². The van der Waals surface area contributed by atoms with Crippen LogP contribution in [-0.2, 0) is 11.2 Å². The van der Waals surface area contributed by atoms with Crippen LogP contribution in [0.5, 0.6) is 0 Å². The minimum absolute atomic E-state index is 0.261. The summed E-state index contributed by atoms with van der Waals surface area (Å²) in [4.78, 5) is 14.6. The van der Waals surface area contributed by atoms with Crippen LogP contribution >= 0.6 is 12.6 Å². The number of nitrogen functional groups attached to an aromatic ring is 2. The highest BCUT2D eigenvalue weighted by Crippen LogP contribution is 2.16. The van der Waals surface area contributed by atoms with Crippen LogP contribution in [0.4, 0.5) is 11.5 Å². The van der Waals surface area contributed by atoms with Gasteiger partial charge < -0.3 is 16.6 Å². The summed E-state index contributed by atoms with van der Waals surface area (Å²) in [7, 11) is 0. The van der Waals surface area contributed by atoms with Crippen LogP contribution in [0, 0.1) is 5.92 Å². The summed E-state index contributed by atoms with van der Waals surface area (Å²) in [6.07, 6.45) is 1.89. The first-order valence-corrected chi connectivity index (χ1v) is 5.01. The maximum Gasteiger partial charge on any atom is 0.307 e. The van der Waals surface area contributed by atoms with Gasteiger partial charge in [-0.05, 0) is 18.1 Å². The van der Waals surface area contributed by atoms with E-state index in [1.807, 2.05) is 0 Å². The number of hydrogen-bond donors (Lipinski definition) is 4. The second-order valence-corrected chi connectivity index (χ2v) is 3.61. The highest BCUT2D eigenvalue weighted by molar-refractivity contribution is 7.80. The number of anilines is 2. The van der Waals surface area contributed by atoms with Crippen molar-refractivity contribution in [2.75, 3.05) is 17.2 Å². The SMILES string of the molecule is Nc1cc(CC(CS)C(=O)O)cnc1N. The van der Waals surface area contributed by atoms with E-state index in [1.54, 1.807) is 6.07 Å². The Labute approximate surface area is 92.9 Å². The number of carboxylic acids is 1. The molecule has 1 aromatic rings.